The fraction of sp³-hybridized carbons (Fsp3) is 0.286. The van der Waals surface area contributed by atoms with Crippen LogP contribution < -0.4 is 20.7 Å². The zero-order valence-corrected chi connectivity index (χ0v) is 17.3. The summed E-state index contributed by atoms with van der Waals surface area (Å²) in [7, 11) is 3.14. The molecule has 1 fully saturated rings. The molecule has 0 unspecified atom stereocenters. The molecular formula is C21H22FN7O3. The van der Waals surface area contributed by atoms with E-state index in [0.717, 1.165) is 0 Å². The van der Waals surface area contributed by atoms with Crippen molar-refractivity contribution < 1.29 is 22.8 Å². The highest BCUT2D eigenvalue weighted by Crippen LogP contribution is 2.38. The zero-order valence-electron chi connectivity index (χ0n) is 20.3. The number of carbonyl (C=O) groups excluding carboxylic acids is 2. The van der Waals surface area contributed by atoms with Gasteiger partial charge in [-0.2, -0.15) is 9.49 Å². The molecule has 2 amide bonds. The number of benzene rings is 1. The first-order chi connectivity index (χ1) is 16.6. The molecule has 3 aromatic rings. The number of methoxy groups -OCH3 is 1. The molecule has 2 heterocycles. The summed E-state index contributed by atoms with van der Waals surface area (Å²) in [6.07, 6.45) is 2.93. The van der Waals surface area contributed by atoms with E-state index in [-0.39, 0.29) is 23.2 Å². The van der Waals surface area contributed by atoms with Gasteiger partial charge in [0, 0.05) is 24.1 Å². The van der Waals surface area contributed by atoms with Crippen molar-refractivity contribution in [2.24, 2.45) is 13.0 Å². The molecule has 0 saturated heterocycles. The number of rotatable bonds is 7. The molecular weight excluding hydrogens is 417 g/mol. The minimum atomic E-state index is -2.83. The largest absolute Gasteiger partial charge is 0.494 e. The first kappa shape index (κ1) is 17.6. The average Bonchev–Trinajstić information content (AvgIpc) is 3.55. The van der Waals surface area contributed by atoms with Crippen molar-refractivity contribution >= 4 is 28.9 Å². The number of pyridine rings is 1. The van der Waals surface area contributed by atoms with Gasteiger partial charge in [-0.3, -0.25) is 14.3 Å². The number of amides is 2. The molecule has 0 atom stereocenters. The zero-order chi connectivity index (χ0) is 25.3. The lowest BCUT2D eigenvalue weighted by molar-refractivity contribution is -0.117. The summed E-state index contributed by atoms with van der Waals surface area (Å²) in [4.78, 5) is 32.7. The average molecular weight is 442 g/mol. The smallest absolute Gasteiger partial charge is 0.271 e. The predicted octanol–water partition coefficient (Wildman–Crippen LogP) is 2.48. The second kappa shape index (κ2) is 8.61. The number of para-hydroxylation sites is 1. The number of carbonyl (C=O) groups is 2. The molecule has 0 spiro atoms. The number of hydrogen-bond donors (Lipinski definition) is 3. The van der Waals surface area contributed by atoms with Gasteiger partial charge in [0.2, 0.25) is 11.9 Å². The van der Waals surface area contributed by atoms with E-state index in [1.165, 1.54) is 24.2 Å². The number of ether oxygens (including phenoxy) is 1. The third-order valence-electron chi connectivity index (χ3n) is 4.84. The summed E-state index contributed by atoms with van der Waals surface area (Å²) in [6.45, 7) is -2.83. The van der Waals surface area contributed by atoms with Crippen molar-refractivity contribution in [3.05, 3.63) is 42.2 Å². The van der Waals surface area contributed by atoms with Crippen LogP contribution in [0.15, 0.2) is 30.6 Å². The van der Waals surface area contributed by atoms with E-state index in [2.05, 4.69) is 25.7 Å². The number of aryl methyl sites for hydroxylation is 1. The molecule has 10 nitrogen and oxygen atoms in total. The Morgan fingerprint density at radius 1 is 1.28 bits per heavy atom. The Bertz CT molecular complexity index is 1290. The van der Waals surface area contributed by atoms with Crippen LogP contribution in [0.3, 0.4) is 0 Å². The van der Waals surface area contributed by atoms with Gasteiger partial charge in [-0.05, 0) is 31.0 Å². The van der Waals surface area contributed by atoms with Gasteiger partial charge >= 0.3 is 0 Å². The third kappa shape index (κ3) is 4.22. The molecule has 1 saturated carbocycles. The van der Waals surface area contributed by atoms with Crippen LogP contribution in [0.4, 0.5) is 21.5 Å². The van der Waals surface area contributed by atoms with Gasteiger partial charge in [-0.1, -0.05) is 6.07 Å². The summed E-state index contributed by atoms with van der Waals surface area (Å²) < 4.78 is 43.7. The predicted molar refractivity (Wildman–Crippen MR) is 115 cm³/mol. The lowest BCUT2D eigenvalue weighted by Crippen LogP contribution is -2.22. The van der Waals surface area contributed by atoms with Crippen molar-refractivity contribution in [1.29, 1.82) is 0 Å². The van der Waals surface area contributed by atoms with Crippen LogP contribution in [-0.2, 0) is 11.8 Å². The highest BCUT2D eigenvalue weighted by atomic mass is 19.1. The number of anilines is 3. The van der Waals surface area contributed by atoms with Gasteiger partial charge in [0.05, 0.1) is 29.7 Å². The SMILES string of the molecule is [2H]C([2H])([2H])NC(=O)c1nc(F)c(NC(=O)C2CC2)cc1Nc1cccc(-c2ncn(C)n2)c1OC. The van der Waals surface area contributed by atoms with Gasteiger partial charge in [0.25, 0.3) is 5.91 Å². The standard InChI is InChI=1S/C21H22FN7O3/c1-23-21(31)16-14(9-15(18(22)27-16)26-20(30)11-7-8-11)25-13-6-4-5-12(17(13)32-3)19-24-10-29(2)28-19/h4-6,9-11,25H,7-8H2,1-3H3,(H,23,31)(H,26,30)/i1D3. The van der Waals surface area contributed by atoms with E-state index in [1.807, 2.05) is 0 Å². The molecule has 0 bridgehead atoms. The van der Waals surface area contributed by atoms with Gasteiger partial charge in [0.15, 0.2) is 17.3 Å². The Hall–Kier alpha value is -4.02. The number of aromatic nitrogens is 4. The summed E-state index contributed by atoms with van der Waals surface area (Å²) in [5.41, 5.74) is 0.0451. The second-order valence-corrected chi connectivity index (χ2v) is 7.19. The van der Waals surface area contributed by atoms with Gasteiger partial charge in [-0.15, -0.1) is 0 Å². The molecule has 0 aliphatic heterocycles. The van der Waals surface area contributed by atoms with Crippen LogP contribution in [0.2, 0.25) is 0 Å². The molecule has 4 rings (SSSR count). The van der Waals surface area contributed by atoms with Crippen LogP contribution in [0.25, 0.3) is 11.4 Å². The van der Waals surface area contributed by atoms with E-state index in [9.17, 15) is 14.0 Å². The molecule has 1 aliphatic carbocycles. The van der Waals surface area contributed by atoms with Crippen LogP contribution in [0, 0.1) is 11.9 Å². The molecule has 0 radical (unpaired) electrons. The van der Waals surface area contributed by atoms with Crippen molar-refractivity contribution in [3.63, 3.8) is 0 Å². The quantitative estimate of drug-likeness (QED) is 0.480. The Labute approximate surface area is 187 Å². The fourth-order valence-electron chi connectivity index (χ4n) is 3.13. The van der Waals surface area contributed by atoms with E-state index >= 15 is 0 Å². The fourth-order valence-corrected chi connectivity index (χ4v) is 3.13. The third-order valence-corrected chi connectivity index (χ3v) is 4.84. The van der Waals surface area contributed by atoms with Crippen molar-refractivity contribution in [2.75, 3.05) is 24.7 Å². The maximum Gasteiger partial charge on any atom is 0.271 e. The summed E-state index contributed by atoms with van der Waals surface area (Å²) in [5.74, 6) is -2.13. The summed E-state index contributed by atoms with van der Waals surface area (Å²) in [6, 6.07) is 6.22. The molecule has 166 valence electrons. The first-order valence-corrected chi connectivity index (χ1v) is 9.69. The highest BCUT2D eigenvalue weighted by molar-refractivity contribution is 6.00. The second-order valence-electron chi connectivity index (χ2n) is 7.19. The Morgan fingerprint density at radius 2 is 2.09 bits per heavy atom. The minimum Gasteiger partial charge on any atom is -0.494 e. The molecule has 32 heavy (non-hydrogen) atoms. The van der Waals surface area contributed by atoms with Crippen molar-refractivity contribution in [3.8, 4) is 17.1 Å². The number of nitrogens with one attached hydrogen (secondary N) is 3. The lowest BCUT2D eigenvalue weighted by Gasteiger charge is -2.17. The van der Waals surface area contributed by atoms with E-state index in [1.54, 1.807) is 30.6 Å². The van der Waals surface area contributed by atoms with Crippen LogP contribution in [0.5, 0.6) is 5.75 Å². The van der Waals surface area contributed by atoms with Gasteiger partial charge < -0.3 is 20.7 Å². The first-order valence-electron chi connectivity index (χ1n) is 11.2. The van der Waals surface area contributed by atoms with Crippen LogP contribution in [0.1, 0.15) is 27.4 Å². The normalized spacial score (nSPS) is 14.7. The molecule has 1 aromatic carbocycles. The van der Waals surface area contributed by atoms with Gasteiger partial charge in [-0.25, -0.2) is 9.97 Å². The van der Waals surface area contributed by atoms with E-state index < -0.39 is 24.5 Å². The van der Waals surface area contributed by atoms with Crippen LogP contribution in [-0.4, -0.2) is 45.6 Å². The highest BCUT2D eigenvalue weighted by Gasteiger charge is 2.30. The number of nitrogens with zero attached hydrogens (tertiary/aromatic N) is 4. The molecule has 11 heteroatoms. The molecule has 3 N–H and O–H groups in total. The van der Waals surface area contributed by atoms with Crippen molar-refractivity contribution in [2.45, 2.75) is 12.8 Å². The van der Waals surface area contributed by atoms with E-state index in [0.29, 0.717) is 35.7 Å². The number of halogens is 1. The monoisotopic (exact) mass is 442 g/mol. The Morgan fingerprint density at radius 3 is 2.75 bits per heavy atom. The summed E-state index contributed by atoms with van der Waals surface area (Å²) >= 11 is 0. The topological polar surface area (TPSA) is 123 Å². The maximum absolute atomic E-state index is 14.7. The summed E-state index contributed by atoms with van der Waals surface area (Å²) in [5, 5.41) is 11.5. The van der Waals surface area contributed by atoms with Crippen LogP contribution >= 0.6 is 0 Å². The maximum atomic E-state index is 14.7. The lowest BCUT2D eigenvalue weighted by atomic mass is 10.1. The van der Waals surface area contributed by atoms with Crippen molar-refractivity contribution in [1.82, 2.24) is 25.1 Å². The Kier molecular flexibility index (Phi) is 4.75. The Balaban J connectivity index is 1.76. The van der Waals surface area contributed by atoms with E-state index in [4.69, 9.17) is 8.85 Å². The molecule has 1 aliphatic rings. The minimum absolute atomic E-state index is 0.0522. The van der Waals surface area contributed by atoms with Gasteiger partial charge in [0.1, 0.15) is 6.33 Å². The number of hydrogen-bond acceptors (Lipinski definition) is 7. The molecule has 2 aromatic heterocycles.